The van der Waals surface area contributed by atoms with Gasteiger partial charge in [-0.15, -0.1) is 0 Å². The van der Waals surface area contributed by atoms with Gasteiger partial charge in [0.25, 0.3) is 0 Å². The fourth-order valence-electron chi connectivity index (χ4n) is 2.27. The van der Waals surface area contributed by atoms with E-state index in [9.17, 15) is 9.59 Å². The number of ether oxygens (including phenoxy) is 2. The molecule has 0 saturated carbocycles. The van der Waals surface area contributed by atoms with Crippen LogP contribution in [0, 0.1) is 6.92 Å². The van der Waals surface area contributed by atoms with E-state index in [2.05, 4.69) is 10.6 Å². The van der Waals surface area contributed by atoms with Crippen molar-refractivity contribution in [2.45, 2.75) is 19.9 Å². The number of rotatable bonds is 7. The van der Waals surface area contributed by atoms with Crippen LogP contribution in [0.2, 0.25) is 0 Å². The van der Waals surface area contributed by atoms with Crippen molar-refractivity contribution >= 4 is 17.5 Å². The fraction of sp³-hybridized carbons (Fsp3) is 0.263. The van der Waals surface area contributed by atoms with Gasteiger partial charge in [0.05, 0.1) is 19.9 Å². The maximum atomic E-state index is 12.1. The summed E-state index contributed by atoms with van der Waals surface area (Å²) in [5.74, 6) is 0.565. The van der Waals surface area contributed by atoms with Crippen molar-refractivity contribution < 1.29 is 19.1 Å². The Balaban J connectivity index is 1.85. The van der Waals surface area contributed by atoms with Gasteiger partial charge in [-0.05, 0) is 42.3 Å². The quantitative estimate of drug-likeness (QED) is 0.759. The molecule has 2 rings (SSSR count). The second kappa shape index (κ2) is 8.73. The van der Waals surface area contributed by atoms with Gasteiger partial charge < -0.3 is 20.1 Å². The van der Waals surface area contributed by atoms with E-state index in [4.69, 9.17) is 9.47 Å². The van der Waals surface area contributed by atoms with E-state index in [0.29, 0.717) is 18.0 Å². The summed E-state index contributed by atoms with van der Waals surface area (Å²) in [7, 11) is 3.13. The molecule has 6 nitrogen and oxygen atoms in total. The number of carbonyl (C=O) groups is 2. The summed E-state index contributed by atoms with van der Waals surface area (Å²) >= 11 is 0. The van der Waals surface area contributed by atoms with Crippen LogP contribution in [0.4, 0.5) is 5.69 Å². The van der Waals surface area contributed by atoms with Crippen LogP contribution in [0.15, 0.2) is 42.5 Å². The Morgan fingerprint density at radius 1 is 0.960 bits per heavy atom. The Morgan fingerprint density at radius 3 is 2.32 bits per heavy atom. The van der Waals surface area contributed by atoms with Crippen molar-refractivity contribution in [1.29, 1.82) is 0 Å². The Hall–Kier alpha value is -3.02. The van der Waals surface area contributed by atoms with Gasteiger partial charge in [0.1, 0.15) is 17.9 Å². The summed E-state index contributed by atoms with van der Waals surface area (Å²) in [5.41, 5.74) is 2.46. The summed E-state index contributed by atoms with van der Waals surface area (Å²) < 4.78 is 10.3. The number of hydrogen-bond acceptors (Lipinski definition) is 4. The lowest BCUT2D eigenvalue weighted by atomic mass is 10.2. The summed E-state index contributed by atoms with van der Waals surface area (Å²) in [6.07, 6.45) is -0.257. The number of benzene rings is 2. The molecule has 25 heavy (non-hydrogen) atoms. The molecule has 2 N–H and O–H groups in total. The van der Waals surface area contributed by atoms with Crippen LogP contribution >= 0.6 is 0 Å². The normalized spacial score (nSPS) is 10.0. The summed E-state index contributed by atoms with van der Waals surface area (Å²) in [6, 6.07) is 12.8. The molecule has 0 heterocycles. The average Bonchev–Trinajstić information content (AvgIpc) is 2.60. The summed E-state index contributed by atoms with van der Waals surface area (Å²) in [6.45, 7) is 2.26. The van der Waals surface area contributed by atoms with Crippen molar-refractivity contribution in [2.75, 3.05) is 19.5 Å². The Morgan fingerprint density at radius 2 is 1.68 bits per heavy atom. The van der Waals surface area contributed by atoms with Crippen LogP contribution in [-0.2, 0) is 16.1 Å². The van der Waals surface area contributed by atoms with Crippen LogP contribution in [0.25, 0.3) is 0 Å². The average molecular weight is 342 g/mol. The van der Waals surface area contributed by atoms with E-state index >= 15 is 0 Å². The van der Waals surface area contributed by atoms with Crippen molar-refractivity contribution in [1.82, 2.24) is 5.32 Å². The molecule has 0 aliphatic heterocycles. The Labute approximate surface area is 147 Å². The summed E-state index contributed by atoms with van der Waals surface area (Å²) in [4.78, 5) is 24.0. The van der Waals surface area contributed by atoms with Gasteiger partial charge in [-0.1, -0.05) is 18.2 Å². The second-order valence-electron chi connectivity index (χ2n) is 5.55. The lowest BCUT2D eigenvalue weighted by Gasteiger charge is -2.11. The molecular formula is C19H22N2O4. The second-order valence-corrected chi connectivity index (χ2v) is 5.55. The van der Waals surface area contributed by atoms with Gasteiger partial charge >= 0.3 is 0 Å². The minimum absolute atomic E-state index is 0.257. The first-order valence-electron chi connectivity index (χ1n) is 7.86. The standard InChI is InChI=1S/C19H22N2O4/c1-13-4-9-17(25-3)16(10-13)21-19(23)11-18(22)20-12-14-5-7-15(24-2)8-6-14/h4-10H,11-12H2,1-3H3,(H,20,22)(H,21,23). The molecule has 0 aliphatic carbocycles. The highest BCUT2D eigenvalue weighted by Crippen LogP contribution is 2.25. The van der Waals surface area contributed by atoms with E-state index < -0.39 is 5.91 Å². The molecular weight excluding hydrogens is 320 g/mol. The first-order valence-corrected chi connectivity index (χ1v) is 7.86. The number of methoxy groups -OCH3 is 2. The molecule has 0 bridgehead atoms. The van der Waals surface area contributed by atoms with Gasteiger partial charge in [0.2, 0.25) is 11.8 Å². The molecule has 0 atom stereocenters. The molecule has 0 fully saturated rings. The third-order valence-electron chi connectivity index (χ3n) is 3.60. The molecule has 2 aromatic carbocycles. The summed E-state index contributed by atoms with van der Waals surface area (Å²) in [5, 5.41) is 5.43. The Kier molecular flexibility index (Phi) is 6.39. The molecule has 0 aromatic heterocycles. The topological polar surface area (TPSA) is 76.7 Å². The van der Waals surface area contributed by atoms with Crippen molar-refractivity contribution in [3.8, 4) is 11.5 Å². The minimum Gasteiger partial charge on any atom is -0.497 e. The monoisotopic (exact) mass is 342 g/mol. The predicted octanol–water partition coefficient (Wildman–Crippen LogP) is 2.66. The first-order chi connectivity index (χ1) is 12.0. The molecule has 0 spiro atoms. The van der Waals surface area contributed by atoms with Crippen LogP contribution in [-0.4, -0.2) is 26.0 Å². The number of anilines is 1. The minimum atomic E-state index is -0.392. The molecule has 0 radical (unpaired) electrons. The zero-order valence-electron chi connectivity index (χ0n) is 14.6. The molecule has 0 unspecified atom stereocenters. The van der Waals surface area contributed by atoms with Crippen LogP contribution in [0.5, 0.6) is 11.5 Å². The van der Waals surface area contributed by atoms with Crippen molar-refractivity contribution in [3.05, 3.63) is 53.6 Å². The lowest BCUT2D eigenvalue weighted by molar-refractivity contribution is -0.126. The molecule has 2 amide bonds. The fourth-order valence-corrected chi connectivity index (χ4v) is 2.27. The molecule has 132 valence electrons. The SMILES string of the molecule is COc1ccc(CNC(=O)CC(=O)Nc2cc(C)ccc2OC)cc1. The van der Waals surface area contributed by atoms with Gasteiger partial charge in [-0.2, -0.15) is 0 Å². The van der Waals surface area contributed by atoms with E-state index in [1.54, 1.807) is 19.2 Å². The number of carbonyl (C=O) groups excluding carboxylic acids is 2. The van der Waals surface area contributed by atoms with Crippen molar-refractivity contribution in [2.24, 2.45) is 0 Å². The smallest absolute Gasteiger partial charge is 0.233 e. The van der Waals surface area contributed by atoms with Gasteiger partial charge in [-0.25, -0.2) is 0 Å². The maximum Gasteiger partial charge on any atom is 0.233 e. The predicted molar refractivity (Wildman–Crippen MR) is 95.8 cm³/mol. The third kappa shape index (κ3) is 5.53. The number of hydrogen-bond donors (Lipinski definition) is 2. The van der Waals surface area contributed by atoms with E-state index in [0.717, 1.165) is 16.9 Å². The van der Waals surface area contributed by atoms with Gasteiger partial charge in [0, 0.05) is 6.54 Å². The van der Waals surface area contributed by atoms with E-state index in [-0.39, 0.29) is 12.3 Å². The van der Waals surface area contributed by atoms with E-state index in [1.165, 1.54) is 7.11 Å². The van der Waals surface area contributed by atoms with Crippen LogP contribution in [0.3, 0.4) is 0 Å². The van der Waals surface area contributed by atoms with Gasteiger partial charge in [0.15, 0.2) is 0 Å². The Bertz CT molecular complexity index is 742. The highest BCUT2D eigenvalue weighted by atomic mass is 16.5. The molecule has 2 aromatic rings. The highest BCUT2D eigenvalue weighted by Gasteiger charge is 2.12. The zero-order valence-corrected chi connectivity index (χ0v) is 14.6. The largest absolute Gasteiger partial charge is 0.497 e. The highest BCUT2D eigenvalue weighted by molar-refractivity contribution is 6.04. The molecule has 0 saturated heterocycles. The van der Waals surface area contributed by atoms with Gasteiger partial charge in [-0.3, -0.25) is 9.59 Å². The van der Waals surface area contributed by atoms with Crippen molar-refractivity contribution in [3.63, 3.8) is 0 Å². The van der Waals surface area contributed by atoms with E-state index in [1.807, 2.05) is 37.3 Å². The number of nitrogens with one attached hydrogen (secondary N) is 2. The van der Waals surface area contributed by atoms with Crippen LogP contribution in [0.1, 0.15) is 17.5 Å². The maximum absolute atomic E-state index is 12.1. The molecule has 6 heteroatoms. The number of amides is 2. The third-order valence-corrected chi connectivity index (χ3v) is 3.60. The number of aryl methyl sites for hydroxylation is 1. The van der Waals surface area contributed by atoms with Crippen LogP contribution < -0.4 is 20.1 Å². The lowest BCUT2D eigenvalue weighted by Crippen LogP contribution is -2.27. The first kappa shape index (κ1) is 18.3. The molecule has 0 aliphatic rings. The zero-order chi connectivity index (χ0) is 18.2.